The molecule has 22 heavy (non-hydrogen) atoms. The molecule has 0 spiro atoms. The zero-order valence-corrected chi connectivity index (χ0v) is 14.5. The van der Waals surface area contributed by atoms with E-state index < -0.39 is 0 Å². The Hall–Kier alpha value is -1.36. The minimum Gasteiger partial charge on any atom is -0.367 e. The maximum atomic E-state index is 6.51. The SMILES string of the molecule is C[C@@H](Nc1c(C2CCCC2)c(Cl)nc2ncnn12)C(C)(C)C. The van der Waals surface area contributed by atoms with Gasteiger partial charge in [0.25, 0.3) is 5.78 Å². The third-order valence-corrected chi connectivity index (χ3v) is 5.12. The Labute approximate surface area is 136 Å². The summed E-state index contributed by atoms with van der Waals surface area (Å²) in [5.41, 5.74) is 1.24. The van der Waals surface area contributed by atoms with Gasteiger partial charge in [-0.25, -0.2) is 0 Å². The van der Waals surface area contributed by atoms with Crippen LogP contribution in [0.25, 0.3) is 5.78 Å². The molecule has 3 rings (SSSR count). The Balaban J connectivity index is 2.11. The number of hydrogen-bond acceptors (Lipinski definition) is 4. The van der Waals surface area contributed by atoms with Crippen molar-refractivity contribution in [1.82, 2.24) is 19.6 Å². The molecule has 1 N–H and O–H groups in total. The van der Waals surface area contributed by atoms with Crippen molar-refractivity contribution in [2.75, 3.05) is 5.32 Å². The minimum atomic E-state index is 0.135. The van der Waals surface area contributed by atoms with Crippen molar-refractivity contribution in [3.8, 4) is 0 Å². The van der Waals surface area contributed by atoms with Gasteiger partial charge in [-0.1, -0.05) is 45.2 Å². The number of fused-ring (bicyclic) bond motifs is 1. The molecule has 5 nitrogen and oxygen atoms in total. The van der Waals surface area contributed by atoms with E-state index in [2.05, 4.69) is 48.1 Å². The summed E-state index contributed by atoms with van der Waals surface area (Å²) in [7, 11) is 0. The Morgan fingerprint density at radius 1 is 1.32 bits per heavy atom. The van der Waals surface area contributed by atoms with Crippen molar-refractivity contribution in [1.29, 1.82) is 0 Å². The molecule has 2 aromatic rings. The van der Waals surface area contributed by atoms with Gasteiger partial charge in [0.2, 0.25) is 0 Å². The predicted octanol–water partition coefficient (Wildman–Crippen LogP) is 4.28. The first-order valence-electron chi connectivity index (χ1n) is 8.03. The quantitative estimate of drug-likeness (QED) is 0.857. The highest BCUT2D eigenvalue weighted by molar-refractivity contribution is 6.30. The topological polar surface area (TPSA) is 55.1 Å². The van der Waals surface area contributed by atoms with Crippen LogP contribution in [0.15, 0.2) is 6.33 Å². The average Bonchev–Trinajstić information content (AvgIpc) is 3.07. The second-order valence-corrected chi connectivity index (χ2v) is 7.71. The van der Waals surface area contributed by atoms with E-state index in [9.17, 15) is 0 Å². The highest BCUT2D eigenvalue weighted by Crippen LogP contribution is 2.41. The van der Waals surface area contributed by atoms with Crippen LogP contribution in [-0.4, -0.2) is 25.6 Å². The molecule has 0 unspecified atom stereocenters. The fourth-order valence-electron chi connectivity index (χ4n) is 2.97. The van der Waals surface area contributed by atoms with Gasteiger partial charge in [-0.15, -0.1) is 0 Å². The lowest BCUT2D eigenvalue weighted by atomic mass is 9.87. The summed E-state index contributed by atoms with van der Waals surface area (Å²) in [6, 6.07) is 0.276. The van der Waals surface area contributed by atoms with Crippen molar-refractivity contribution >= 4 is 23.2 Å². The Kier molecular flexibility index (Phi) is 4.02. The monoisotopic (exact) mass is 321 g/mol. The lowest BCUT2D eigenvalue weighted by molar-refractivity contribution is 0.358. The molecule has 0 bridgehead atoms. The van der Waals surface area contributed by atoms with Crippen molar-refractivity contribution in [3.05, 3.63) is 17.0 Å². The Bertz CT molecular complexity index is 667. The average molecular weight is 322 g/mol. The van der Waals surface area contributed by atoms with E-state index in [0.717, 1.165) is 11.4 Å². The van der Waals surface area contributed by atoms with Crippen LogP contribution in [0.1, 0.15) is 64.9 Å². The summed E-state index contributed by atoms with van der Waals surface area (Å²) in [6.07, 6.45) is 6.37. The first-order chi connectivity index (χ1) is 10.4. The van der Waals surface area contributed by atoms with Crippen molar-refractivity contribution in [2.45, 2.75) is 65.3 Å². The number of anilines is 1. The molecule has 0 saturated heterocycles. The van der Waals surface area contributed by atoms with Gasteiger partial charge in [0.05, 0.1) is 0 Å². The molecule has 0 radical (unpaired) electrons. The molecular formula is C16H24ClN5. The van der Waals surface area contributed by atoms with E-state index in [0.29, 0.717) is 16.8 Å². The number of halogens is 1. The van der Waals surface area contributed by atoms with Crippen molar-refractivity contribution in [3.63, 3.8) is 0 Å². The molecule has 6 heteroatoms. The van der Waals surface area contributed by atoms with Gasteiger partial charge in [-0.2, -0.15) is 19.6 Å². The highest BCUT2D eigenvalue weighted by atomic mass is 35.5. The maximum Gasteiger partial charge on any atom is 0.255 e. The van der Waals surface area contributed by atoms with Crippen LogP contribution in [0.3, 0.4) is 0 Å². The molecule has 0 aromatic carbocycles. The van der Waals surface area contributed by atoms with Gasteiger partial charge in [-0.3, -0.25) is 0 Å². The molecular weight excluding hydrogens is 298 g/mol. The first-order valence-corrected chi connectivity index (χ1v) is 8.41. The lowest BCUT2D eigenvalue weighted by Gasteiger charge is -2.30. The van der Waals surface area contributed by atoms with Crippen LogP contribution >= 0.6 is 11.6 Å². The van der Waals surface area contributed by atoms with E-state index in [1.807, 2.05) is 0 Å². The zero-order valence-electron chi connectivity index (χ0n) is 13.7. The molecule has 0 amide bonds. The van der Waals surface area contributed by atoms with Gasteiger partial charge in [0.1, 0.15) is 17.3 Å². The van der Waals surface area contributed by atoms with Crippen LogP contribution in [0.4, 0.5) is 5.82 Å². The number of nitrogens with one attached hydrogen (secondary N) is 1. The predicted molar refractivity (Wildman–Crippen MR) is 89.5 cm³/mol. The maximum absolute atomic E-state index is 6.51. The zero-order chi connectivity index (χ0) is 15.9. The smallest absolute Gasteiger partial charge is 0.255 e. The fraction of sp³-hybridized carbons (Fsp3) is 0.688. The molecule has 1 saturated carbocycles. The van der Waals surface area contributed by atoms with Crippen LogP contribution in [0, 0.1) is 5.41 Å². The van der Waals surface area contributed by atoms with Gasteiger partial charge in [-0.05, 0) is 31.1 Å². The largest absolute Gasteiger partial charge is 0.367 e. The summed E-state index contributed by atoms with van der Waals surface area (Å²) in [5.74, 6) is 1.97. The molecule has 1 aliphatic rings. The van der Waals surface area contributed by atoms with Crippen LogP contribution in [0.2, 0.25) is 5.15 Å². The lowest BCUT2D eigenvalue weighted by Crippen LogP contribution is -2.32. The van der Waals surface area contributed by atoms with E-state index in [1.165, 1.54) is 32.0 Å². The molecule has 1 fully saturated rings. The number of aromatic nitrogens is 4. The summed E-state index contributed by atoms with van der Waals surface area (Å²) < 4.78 is 1.79. The minimum absolute atomic E-state index is 0.135. The summed E-state index contributed by atoms with van der Waals surface area (Å²) in [5, 5.41) is 8.55. The fourth-order valence-corrected chi connectivity index (χ4v) is 3.29. The first kappa shape index (κ1) is 15.5. The molecule has 0 aliphatic heterocycles. The summed E-state index contributed by atoms with van der Waals surface area (Å²) >= 11 is 6.51. The molecule has 2 aromatic heterocycles. The second-order valence-electron chi connectivity index (χ2n) is 7.35. The van der Waals surface area contributed by atoms with E-state index >= 15 is 0 Å². The molecule has 120 valence electrons. The van der Waals surface area contributed by atoms with Gasteiger partial charge >= 0.3 is 0 Å². The van der Waals surface area contributed by atoms with Crippen LogP contribution in [-0.2, 0) is 0 Å². The normalized spacial score (nSPS) is 18.0. The Morgan fingerprint density at radius 2 is 2.00 bits per heavy atom. The molecule has 1 atom stereocenters. The standard InChI is InChI=1S/C16H24ClN5/c1-10(16(2,3)4)20-14-12(11-7-5-6-8-11)13(17)21-15-18-9-19-22(14)15/h9-11,20H,5-8H2,1-4H3/t10-/m1/s1. The Morgan fingerprint density at radius 3 is 2.64 bits per heavy atom. The number of hydrogen-bond donors (Lipinski definition) is 1. The highest BCUT2D eigenvalue weighted by Gasteiger charge is 2.29. The third kappa shape index (κ3) is 2.78. The van der Waals surface area contributed by atoms with E-state index in [-0.39, 0.29) is 11.5 Å². The van der Waals surface area contributed by atoms with Crippen LogP contribution < -0.4 is 5.32 Å². The summed E-state index contributed by atoms with van der Waals surface area (Å²) in [4.78, 5) is 8.62. The molecule has 1 aliphatic carbocycles. The van der Waals surface area contributed by atoms with Crippen molar-refractivity contribution < 1.29 is 0 Å². The second kappa shape index (κ2) is 5.69. The number of rotatable bonds is 3. The van der Waals surface area contributed by atoms with Crippen molar-refractivity contribution in [2.24, 2.45) is 5.41 Å². The van der Waals surface area contributed by atoms with Gasteiger partial charge in [0, 0.05) is 11.6 Å². The van der Waals surface area contributed by atoms with Gasteiger partial charge in [0.15, 0.2) is 0 Å². The molecule has 2 heterocycles. The third-order valence-electron chi connectivity index (χ3n) is 4.83. The van der Waals surface area contributed by atoms with E-state index in [4.69, 9.17) is 11.6 Å². The van der Waals surface area contributed by atoms with Gasteiger partial charge < -0.3 is 5.32 Å². The number of nitrogens with zero attached hydrogens (tertiary/aromatic N) is 4. The van der Waals surface area contributed by atoms with E-state index in [1.54, 1.807) is 4.52 Å². The summed E-state index contributed by atoms with van der Waals surface area (Å²) in [6.45, 7) is 8.86. The van der Waals surface area contributed by atoms with Crippen LogP contribution in [0.5, 0.6) is 0 Å².